The summed E-state index contributed by atoms with van der Waals surface area (Å²) in [5, 5.41) is 3.22. The molecule has 0 saturated heterocycles. The van der Waals surface area contributed by atoms with Gasteiger partial charge in [0.1, 0.15) is 0 Å². The topological polar surface area (TPSA) is 81.4 Å². The van der Waals surface area contributed by atoms with E-state index in [1.807, 2.05) is 0 Å². The lowest BCUT2D eigenvalue weighted by Gasteiger charge is -2.58. The lowest BCUT2D eigenvalue weighted by atomic mass is 9.46. The van der Waals surface area contributed by atoms with Crippen LogP contribution in [0, 0.1) is 29.1 Å². The standard InChI is InChI=1S/C17H26N2O3.ClH/c1-22-15(21)16-6-10-4-11(7-16)13(12(5-10)8-16)14(20)19-17(9-18)2-3-17;/h10-13H,2-9,18H2,1H3,(H,19,20);1H. The van der Waals surface area contributed by atoms with Crippen LogP contribution in [0.5, 0.6) is 0 Å². The molecule has 3 N–H and O–H groups in total. The molecule has 5 nitrogen and oxygen atoms in total. The molecule has 5 rings (SSSR count). The van der Waals surface area contributed by atoms with E-state index in [4.69, 9.17) is 10.5 Å². The van der Waals surface area contributed by atoms with Gasteiger partial charge in [0.05, 0.1) is 18.1 Å². The quantitative estimate of drug-likeness (QED) is 0.761. The Morgan fingerprint density at radius 1 is 1.17 bits per heavy atom. The molecule has 5 fully saturated rings. The summed E-state index contributed by atoms with van der Waals surface area (Å²) in [6, 6.07) is 0. The average Bonchev–Trinajstić information content (AvgIpc) is 3.25. The molecular formula is C17H27ClN2O3. The van der Waals surface area contributed by atoms with Gasteiger partial charge in [-0.3, -0.25) is 9.59 Å². The third-order valence-electron chi connectivity index (χ3n) is 6.83. The number of esters is 1. The fourth-order valence-corrected chi connectivity index (χ4v) is 5.79. The van der Waals surface area contributed by atoms with Gasteiger partial charge < -0.3 is 15.8 Å². The van der Waals surface area contributed by atoms with E-state index in [0.717, 1.165) is 44.9 Å². The highest BCUT2D eigenvalue weighted by molar-refractivity contribution is 5.85. The van der Waals surface area contributed by atoms with Crippen molar-refractivity contribution in [1.29, 1.82) is 0 Å². The van der Waals surface area contributed by atoms with Crippen molar-refractivity contribution in [1.82, 2.24) is 5.32 Å². The average molecular weight is 343 g/mol. The number of methoxy groups -OCH3 is 1. The number of halogens is 1. The monoisotopic (exact) mass is 342 g/mol. The van der Waals surface area contributed by atoms with E-state index in [0.29, 0.717) is 24.3 Å². The van der Waals surface area contributed by atoms with E-state index in [9.17, 15) is 9.59 Å². The van der Waals surface area contributed by atoms with Gasteiger partial charge in [0, 0.05) is 12.5 Å². The molecule has 0 aromatic heterocycles. The Morgan fingerprint density at radius 3 is 2.26 bits per heavy atom. The minimum atomic E-state index is -0.298. The van der Waals surface area contributed by atoms with E-state index in [1.54, 1.807) is 0 Å². The van der Waals surface area contributed by atoms with Gasteiger partial charge in [-0.05, 0) is 62.7 Å². The summed E-state index contributed by atoms with van der Waals surface area (Å²) < 4.78 is 5.08. The van der Waals surface area contributed by atoms with Crippen LogP contribution in [0.2, 0.25) is 0 Å². The number of rotatable bonds is 4. The first-order valence-electron chi connectivity index (χ1n) is 8.61. The van der Waals surface area contributed by atoms with Crippen molar-refractivity contribution in [2.24, 2.45) is 34.8 Å². The molecule has 2 unspecified atom stereocenters. The van der Waals surface area contributed by atoms with E-state index in [1.165, 1.54) is 7.11 Å². The Hall–Kier alpha value is -0.810. The predicted octanol–water partition coefficient (Wildman–Crippen LogP) is 1.63. The normalized spacial score (nSPS) is 41.8. The van der Waals surface area contributed by atoms with Gasteiger partial charge in [-0.1, -0.05) is 0 Å². The molecule has 130 valence electrons. The molecule has 1 amide bonds. The molecule has 6 heteroatoms. The van der Waals surface area contributed by atoms with Crippen molar-refractivity contribution in [2.45, 2.75) is 50.5 Å². The number of carbonyl (C=O) groups excluding carboxylic acids is 2. The molecule has 0 spiro atoms. The van der Waals surface area contributed by atoms with E-state index in [2.05, 4.69) is 5.32 Å². The number of amides is 1. The number of hydrogen-bond acceptors (Lipinski definition) is 4. The zero-order valence-electron chi connectivity index (χ0n) is 13.7. The van der Waals surface area contributed by atoms with Gasteiger partial charge in [0.25, 0.3) is 0 Å². The zero-order chi connectivity index (χ0) is 15.5. The van der Waals surface area contributed by atoms with Crippen molar-refractivity contribution in [2.75, 3.05) is 13.7 Å². The summed E-state index contributed by atoms with van der Waals surface area (Å²) in [5.41, 5.74) is 5.38. The molecule has 2 atom stereocenters. The Balaban J connectivity index is 0.00000156. The second-order valence-electron chi connectivity index (χ2n) is 8.24. The first-order chi connectivity index (χ1) is 10.5. The first-order valence-corrected chi connectivity index (χ1v) is 8.61. The number of carbonyl (C=O) groups is 2. The highest BCUT2D eigenvalue weighted by Crippen LogP contribution is 2.62. The van der Waals surface area contributed by atoms with Crippen LogP contribution in [0.4, 0.5) is 0 Å². The summed E-state index contributed by atoms with van der Waals surface area (Å²) in [4.78, 5) is 25.1. The van der Waals surface area contributed by atoms with E-state index >= 15 is 0 Å². The maximum Gasteiger partial charge on any atom is 0.311 e. The largest absolute Gasteiger partial charge is 0.469 e. The van der Waals surface area contributed by atoms with Gasteiger partial charge in [0.15, 0.2) is 0 Å². The molecule has 4 bridgehead atoms. The smallest absolute Gasteiger partial charge is 0.311 e. The van der Waals surface area contributed by atoms with E-state index in [-0.39, 0.29) is 41.2 Å². The van der Waals surface area contributed by atoms with Crippen molar-refractivity contribution in [3.63, 3.8) is 0 Å². The Kier molecular flexibility index (Phi) is 4.16. The van der Waals surface area contributed by atoms with Crippen molar-refractivity contribution in [3.8, 4) is 0 Å². The molecule has 5 aliphatic carbocycles. The number of nitrogens with two attached hydrogens (primary N) is 1. The van der Waals surface area contributed by atoms with Gasteiger partial charge >= 0.3 is 5.97 Å². The molecule has 0 radical (unpaired) electrons. The second-order valence-corrected chi connectivity index (χ2v) is 8.24. The maximum atomic E-state index is 12.8. The van der Waals surface area contributed by atoms with Crippen molar-refractivity contribution in [3.05, 3.63) is 0 Å². The molecule has 23 heavy (non-hydrogen) atoms. The number of hydrogen-bond donors (Lipinski definition) is 2. The van der Waals surface area contributed by atoms with Crippen LogP contribution in [0.15, 0.2) is 0 Å². The molecular weight excluding hydrogens is 316 g/mol. The number of nitrogens with one attached hydrogen (secondary N) is 1. The van der Waals surface area contributed by atoms with Gasteiger partial charge in [-0.2, -0.15) is 0 Å². The summed E-state index contributed by atoms with van der Waals surface area (Å²) in [6.07, 6.45) is 6.85. The van der Waals surface area contributed by atoms with E-state index < -0.39 is 0 Å². The van der Waals surface area contributed by atoms with Crippen LogP contribution in [-0.2, 0) is 14.3 Å². The summed E-state index contributed by atoms with van der Waals surface area (Å²) in [5.74, 6) is 1.52. The lowest BCUT2D eigenvalue weighted by Crippen LogP contribution is -2.59. The fraction of sp³-hybridized carbons (Fsp3) is 0.882. The molecule has 0 aromatic rings. The van der Waals surface area contributed by atoms with Gasteiger partial charge in [-0.15, -0.1) is 12.4 Å². The lowest BCUT2D eigenvalue weighted by molar-refractivity contribution is -0.177. The van der Waals surface area contributed by atoms with Crippen molar-refractivity contribution < 1.29 is 14.3 Å². The van der Waals surface area contributed by atoms with Crippen molar-refractivity contribution >= 4 is 24.3 Å². The molecule has 0 aliphatic heterocycles. The summed E-state index contributed by atoms with van der Waals surface area (Å²) >= 11 is 0. The summed E-state index contributed by atoms with van der Waals surface area (Å²) in [6.45, 7) is 0.537. The minimum Gasteiger partial charge on any atom is -0.469 e. The van der Waals surface area contributed by atoms with Crippen LogP contribution < -0.4 is 11.1 Å². The third-order valence-corrected chi connectivity index (χ3v) is 6.83. The Labute approximate surface area is 143 Å². The molecule has 0 heterocycles. The zero-order valence-corrected chi connectivity index (χ0v) is 14.5. The van der Waals surface area contributed by atoms with Crippen LogP contribution in [0.1, 0.15) is 44.9 Å². The molecule has 5 saturated carbocycles. The SMILES string of the molecule is COC(=O)C12CC3CC(C1)C(C(=O)NC1(CN)CC1)C(C3)C2.Cl. The van der Waals surface area contributed by atoms with Crippen LogP contribution in [-0.4, -0.2) is 31.1 Å². The Morgan fingerprint density at radius 2 is 1.78 bits per heavy atom. The predicted molar refractivity (Wildman–Crippen MR) is 87.9 cm³/mol. The molecule has 5 aliphatic rings. The van der Waals surface area contributed by atoms with Gasteiger partial charge in [-0.25, -0.2) is 0 Å². The van der Waals surface area contributed by atoms with Crippen LogP contribution in [0.25, 0.3) is 0 Å². The minimum absolute atomic E-state index is 0. The van der Waals surface area contributed by atoms with Crippen LogP contribution in [0.3, 0.4) is 0 Å². The molecule has 0 aromatic carbocycles. The highest BCUT2D eigenvalue weighted by Gasteiger charge is 2.61. The summed E-state index contributed by atoms with van der Waals surface area (Å²) in [7, 11) is 1.49. The highest BCUT2D eigenvalue weighted by atomic mass is 35.5. The third kappa shape index (κ3) is 2.56. The second kappa shape index (κ2) is 5.62. The van der Waals surface area contributed by atoms with Crippen LogP contribution >= 0.6 is 12.4 Å². The van der Waals surface area contributed by atoms with Gasteiger partial charge in [0.2, 0.25) is 5.91 Å². The number of ether oxygens (including phenoxy) is 1. The first kappa shape index (κ1) is 17.0. The maximum absolute atomic E-state index is 12.8. The Bertz CT molecular complexity index is 504. The fourth-order valence-electron chi connectivity index (χ4n) is 5.79.